The third-order valence-electron chi connectivity index (χ3n) is 3.17. The molecular weight excluding hydrogens is 260 g/mol. The van der Waals surface area contributed by atoms with Gasteiger partial charge in [0.2, 0.25) is 0 Å². The van der Waals surface area contributed by atoms with Gasteiger partial charge in [0, 0.05) is 10.2 Å². The first-order chi connectivity index (χ1) is 6.75. The van der Waals surface area contributed by atoms with Crippen LogP contribution in [0.3, 0.4) is 0 Å². The number of hydrogen-bond acceptors (Lipinski definition) is 3. The number of nitrogens with zero attached hydrogens (tertiary/aromatic N) is 2. The topological polar surface area (TPSA) is 25.8 Å². The Morgan fingerprint density at radius 3 is 3.14 bits per heavy atom. The zero-order chi connectivity index (χ0) is 9.97. The third kappa shape index (κ3) is 2.54. The Labute approximate surface area is 97.4 Å². The fourth-order valence-corrected chi connectivity index (χ4v) is 3.39. The van der Waals surface area contributed by atoms with Gasteiger partial charge in [0.05, 0.1) is 5.69 Å². The Morgan fingerprint density at radius 1 is 1.57 bits per heavy atom. The highest BCUT2D eigenvalue weighted by Gasteiger charge is 2.26. The molecule has 78 valence electrons. The summed E-state index contributed by atoms with van der Waals surface area (Å²) in [7, 11) is 0. The van der Waals surface area contributed by atoms with E-state index in [0.717, 1.165) is 23.1 Å². The molecule has 0 spiro atoms. The van der Waals surface area contributed by atoms with Crippen LogP contribution in [0.4, 0.5) is 0 Å². The molecule has 1 aromatic rings. The van der Waals surface area contributed by atoms with Gasteiger partial charge >= 0.3 is 0 Å². The van der Waals surface area contributed by atoms with Crippen molar-refractivity contribution in [3.63, 3.8) is 0 Å². The van der Waals surface area contributed by atoms with Crippen molar-refractivity contribution in [3.8, 4) is 0 Å². The molecule has 3 atom stereocenters. The Balaban J connectivity index is 1.95. The molecule has 4 heteroatoms. The smallest absolute Gasteiger partial charge is 0.0758 e. The largest absolute Gasteiger partial charge is 0.143 e. The predicted molar refractivity (Wildman–Crippen MR) is 62.8 cm³/mol. The first-order valence-electron chi connectivity index (χ1n) is 5.15. The number of rotatable bonds is 2. The van der Waals surface area contributed by atoms with Crippen LogP contribution in [-0.2, 0) is 6.42 Å². The van der Waals surface area contributed by atoms with Crippen molar-refractivity contribution < 1.29 is 0 Å². The second kappa shape index (κ2) is 4.71. The standard InChI is InChI=1S/C10H15BrN2S/c1-7-2-3-9(11)4-8(7)5-10-6-14-13-12-10/h6-9H,2-5H2,1H3. The van der Waals surface area contributed by atoms with Crippen LogP contribution in [0.25, 0.3) is 0 Å². The molecule has 0 radical (unpaired) electrons. The molecule has 0 aliphatic heterocycles. The quantitative estimate of drug-likeness (QED) is 0.774. The van der Waals surface area contributed by atoms with Crippen molar-refractivity contribution in [1.82, 2.24) is 9.59 Å². The van der Waals surface area contributed by atoms with Gasteiger partial charge in [-0.1, -0.05) is 27.3 Å². The van der Waals surface area contributed by atoms with E-state index in [1.165, 1.54) is 36.5 Å². The Morgan fingerprint density at radius 2 is 2.43 bits per heavy atom. The van der Waals surface area contributed by atoms with Crippen LogP contribution in [0.15, 0.2) is 5.38 Å². The average molecular weight is 275 g/mol. The van der Waals surface area contributed by atoms with E-state index in [-0.39, 0.29) is 0 Å². The van der Waals surface area contributed by atoms with Crippen molar-refractivity contribution >= 4 is 27.5 Å². The molecule has 1 heterocycles. The molecule has 0 bridgehead atoms. The Kier molecular flexibility index (Phi) is 3.55. The van der Waals surface area contributed by atoms with Gasteiger partial charge < -0.3 is 0 Å². The van der Waals surface area contributed by atoms with Gasteiger partial charge in [-0.25, -0.2) is 0 Å². The van der Waals surface area contributed by atoms with Crippen molar-refractivity contribution in [2.45, 2.75) is 37.4 Å². The first-order valence-corrected chi connectivity index (χ1v) is 6.91. The summed E-state index contributed by atoms with van der Waals surface area (Å²) in [6, 6.07) is 0. The molecule has 2 rings (SSSR count). The van der Waals surface area contributed by atoms with Gasteiger partial charge in [-0.2, -0.15) is 0 Å². The highest BCUT2D eigenvalue weighted by Crippen LogP contribution is 2.35. The SMILES string of the molecule is CC1CCC(Br)CC1Cc1csnn1. The maximum atomic E-state index is 4.12. The van der Waals surface area contributed by atoms with Crippen molar-refractivity contribution in [2.24, 2.45) is 11.8 Å². The second-order valence-electron chi connectivity index (χ2n) is 4.25. The Hall–Kier alpha value is 0.0400. The molecular formula is C10H15BrN2S. The fraction of sp³-hybridized carbons (Fsp3) is 0.800. The lowest BCUT2D eigenvalue weighted by atomic mass is 9.78. The zero-order valence-corrected chi connectivity index (χ0v) is 10.7. The summed E-state index contributed by atoms with van der Waals surface area (Å²) in [5.74, 6) is 1.63. The monoisotopic (exact) mass is 274 g/mol. The second-order valence-corrected chi connectivity index (χ2v) is 6.15. The summed E-state index contributed by atoms with van der Waals surface area (Å²) in [5, 5.41) is 6.20. The van der Waals surface area contributed by atoms with Crippen LogP contribution < -0.4 is 0 Å². The number of halogens is 1. The molecule has 0 aromatic carbocycles. The molecule has 1 aliphatic carbocycles. The summed E-state index contributed by atoms with van der Waals surface area (Å²) in [5.41, 5.74) is 1.17. The highest BCUT2D eigenvalue weighted by atomic mass is 79.9. The molecule has 14 heavy (non-hydrogen) atoms. The lowest BCUT2D eigenvalue weighted by Gasteiger charge is -2.31. The van der Waals surface area contributed by atoms with E-state index in [1.54, 1.807) is 0 Å². The van der Waals surface area contributed by atoms with Gasteiger partial charge in [-0.05, 0) is 49.1 Å². The first kappa shape index (κ1) is 10.6. The minimum Gasteiger partial charge on any atom is -0.143 e. The average Bonchev–Trinajstić information content (AvgIpc) is 2.64. The predicted octanol–water partition coefficient (Wildman–Crippen LogP) is 3.28. The summed E-state index contributed by atoms with van der Waals surface area (Å²) < 4.78 is 3.91. The molecule has 3 unspecified atom stereocenters. The van der Waals surface area contributed by atoms with Crippen LogP contribution >= 0.6 is 27.5 Å². The van der Waals surface area contributed by atoms with Gasteiger partial charge in [0.1, 0.15) is 0 Å². The van der Waals surface area contributed by atoms with Crippen molar-refractivity contribution in [3.05, 3.63) is 11.1 Å². The van der Waals surface area contributed by atoms with E-state index in [1.807, 2.05) is 0 Å². The molecule has 0 saturated heterocycles. The van der Waals surface area contributed by atoms with Crippen molar-refractivity contribution in [1.29, 1.82) is 0 Å². The lowest BCUT2D eigenvalue weighted by Crippen LogP contribution is -2.24. The summed E-state index contributed by atoms with van der Waals surface area (Å²) in [6.07, 6.45) is 5.07. The third-order valence-corrected chi connectivity index (χ3v) is 4.56. The van der Waals surface area contributed by atoms with Crippen LogP contribution in [0.2, 0.25) is 0 Å². The fourth-order valence-electron chi connectivity index (χ4n) is 2.18. The van der Waals surface area contributed by atoms with Crippen LogP contribution in [0.5, 0.6) is 0 Å². The minimum absolute atomic E-state index is 0.718. The maximum absolute atomic E-state index is 4.12. The van der Waals surface area contributed by atoms with Gasteiger partial charge in [-0.15, -0.1) is 5.10 Å². The van der Waals surface area contributed by atoms with Crippen LogP contribution in [-0.4, -0.2) is 14.4 Å². The molecule has 1 fully saturated rings. The van der Waals surface area contributed by atoms with E-state index >= 15 is 0 Å². The number of aromatic nitrogens is 2. The Bertz CT molecular complexity index is 276. The minimum atomic E-state index is 0.718. The van der Waals surface area contributed by atoms with E-state index in [4.69, 9.17) is 0 Å². The van der Waals surface area contributed by atoms with Crippen LogP contribution in [0, 0.1) is 11.8 Å². The lowest BCUT2D eigenvalue weighted by molar-refractivity contribution is 0.261. The maximum Gasteiger partial charge on any atom is 0.0758 e. The van der Waals surface area contributed by atoms with E-state index in [2.05, 4.69) is 37.8 Å². The molecule has 1 saturated carbocycles. The number of hydrogen-bond donors (Lipinski definition) is 0. The normalized spacial score (nSPS) is 33.1. The number of alkyl halides is 1. The van der Waals surface area contributed by atoms with E-state index in [0.29, 0.717) is 0 Å². The van der Waals surface area contributed by atoms with Crippen LogP contribution in [0.1, 0.15) is 31.9 Å². The van der Waals surface area contributed by atoms with Gasteiger partial charge in [0.25, 0.3) is 0 Å². The molecule has 1 aliphatic rings. The van der Waals surface area contributed by atoms with Gasteiger partial charge in [0.15, 0.2) is 0 Å². The van der Waals surface area contributed by atoms with E-state index in [9.17, 15) is 0 Å². The summed E-state index contributed by atoms with van der Waals surface area (Å²) in [4.78, 5) is 0.718. The summed E-state index contributed by atoms with van der Waals surface area (Å²) >= 11 is 5.18. The highest BCUT2D eigenvalue weighted by molar-refractivity contribution is 9.09. The molecule has 1 aromatic heterocycles. The molecule has 2 nitrogen and oxygen atoms in total. The molecule has 0 amide bonds. The van der Waals surface area contributed by atoms with E-state index < -0.39 is 0 Å². The summed E-state index contributed by atoms with van der Waals surface area (Å²) in [6.45, 7) is 2.36. The molecule has 0 N–H and O–H groups in total. The zero-order valence-electron chi connectivity index (χ0n) is 8.32. The van der Waals surface area contributed by atoms with Gasteiger partial charge in [-0.3, -0.25) is 0 Å². The van der Waals surface area contributed by atoms with Crippen molar-refractivity contribution in [2.75, 3.05) is 0 Å².